The lowest BCUT2D eigenvalue weighted by atomic mass is 10.3. The van der Waals surface area contributed by atoms with Crippen molar-refractivity contribution in [2.75, 3.05) is 13.2 Å². The van der Waals surface area contributed by atoms with Gasteiger partial charge in [-0.05, 0) is 61.4 Å². The van der Waals surface area contributed by atoms with E-state index in [1.165, 1.54) is 0 Å². The van der Waals surface area contributed by atoms with Crippen molar-refractivity contribution >= 4 is 23.1 Å². The van der Waals surface area contributed by atoms with Crippen LogP contribution in [0.4, 0.5) is 0 Å². The molecule has 0 heterocycles. The minimum absolute atomic E-state index is 0.700. The van der Waals surface area contributed by atoms with Gasteiger partial charge in [0.25, 0.3) is 0 Å². The number of unbranched alkanes of at least 4 members (excludes halogenated alkanes) is 2. The molecule has 30 heavy (non-hydrogen) atoms. The number of rotatable bonds is 11. The van der Waals surface area contributed by atoms with Gasteiger partial charge < -0.3 is 14.0 Å². The summed E-state index contributed by atoms with van der Waals surface area (Å²) in [5.41, 5.74) is 0. The highest BCUT2D eigenvalue weighted by molar-refractivity contribution is 7.85. The van der Waals surface area contributed by atoms with Crippen LogP contribution in [0.5, 0.6) is 11.5 Å². The van der Waals surface area contributed by atoms with Crippen molar-refractivity contribution in [1.82, 2.24) is 0 Å². The smallest absolute Gasteiger partial charge is 0.171 e. The van der Waals surface area contributed by atoms with Gasteiger partial charge in [-0.25, -0.2) is 0 Å². The SMILES string of the molecule is CCCCOc1ccc(P(=O)(c2ccccc2)c2ccc(OCCCC)cc2)cc1. The molecule has 158 valence electrons. The molecule has 0 spiro atoms. The van der Waals surface area contributed by atoms with Gasteiger partial charge in [0.05, 0.1) is 13.2 Å². The molecule has 0 atom stereocenters. The quantitative estimate of drug-likeness (QED) is 0.294. The van der Waals surface area contributed by atoms with Gasteiger partial charge >= 0.3 is 0 Å². The Hall–Kier alpha value is -2.51. The predicted molar refractivity (Wildman–Crippen MR) is 127 cm³/mol. The minimum atomic E-state index is -2.99. The third-order valence-corrected chi connectivity index (χ3v) is 8.13. The zero-order chi connectivity index (χ0) is 21.2. The first-order valence-electron chi connectivity index (χ1n) is 10.8. The van der Waals surface area contributed by atoms with E-state index in [4.69, 9.17) is 9.47 Å². The van der Waals surface area contributed by atoms with Crippen molar-refractivity contribution < 1.29 is 14.0 Å². The van der Waals surface area contributed by atoms with Crippen LogP contribution in [-0.4, -0.2) is 13.2 Å². The van der Waals surface area contributed by atoms with Gasteiger partial charge in [0.2, 0.25) is 0 Å². The highest BCUT2D eigenvalue weighted by atomic mass is 31.2. The van der Waals surface area contributed by atoms with Crippen LogP contribution in [0.15, 0.2) is 78.9 Å². The molecule has 0 fully saturated rings. The maximum atomic E-state index is 14.5. The van der Waals surface area contributed by atoms with Crippen LogP contribution in [0.1, 0.15) is 39.5 Å². The van der Waals surface area contributed by atoms with Gasteiger partial charge in [-0.15, -0.1) is 0 Å². The number of ether oxygens (including phenoxy) is 2. The molecule has 3 aromatic carbocycles. The van der Waals surface area contributed by atoms with E-state index >= 15 is 0 Å². The van der Waals surface area contributed by atoms with E-state index in [0.29, 0.717) is 13.2 Å². The number of benzene rings is 3. The Balaban J connectivity index is 1.92. The Morgan fingerprint density at radius 3 is 1.40 bits per heavy atom. The summed E-state index contributed by atoms with van der Waals surface area (Å²) < 4.78 is 26.0. The lowest BCUT2D eigenvalue weighted by Gasteiger charge is -2.20. The Labute approximate surface area is 180 Å². The van der Waals surface area contributed by atoms with Gasteiger partial charge in [0.15, 0.2) is 7.14 Å². The molecule has 3 aromatic rings. The van der Waals surface area contributed by atoms with Crippen LogP contribution in [0.3, 0.4) is 0 Å². The molecule has 0 aromatic heterocycles. The van der Waals surface area contributed by atoms with Crippen molar-refractivity contribution in [3.8, 4) is 11.5 Å². The Bertz CT molecular complexity index is 877. The highest BCUT2D eigenvalue weighted by Gasteiger charge is 2.29. The number of hydrogen-bond donors (Lipinski definition) is 0. The fourth-order valence-electron chi connectivity index (χ4n) is 3.26. The van der Waals surface area contributed by atoms with Crippen LogP contribution >= 0.6 is 7.14 Å². The number of hydrogen-bond acceptors (Lipinski definition) is 3. The van der Waals surface area contributed by atoms with Gasteiger partial charge in [-0.2, -0.15) is 0 Å². The lowest BCUT2D eigenvalue weighted by molar-refractivity contribution is 0.309. The molecular formula is C26H31O3P. The Morgan fingerprint density at radius 2 is 1.00 bits per heavy atom. The molecule has 0 amide bonds. The molecule has 4 heteroatoms. The molecule has 0 aliphatic rings. The summed E-state index contributed by atoms with van der Waals surface area (Å²) in [5, 5.41) is 2.43. The van der Waals surface area contributed by atoms with E-state index in [1.54, 1.807) is 0 Å². The van der Waals surface area contributed by atoms with Crippen molar-refractivity contribution in [2.45, 2.75) is 39.5 Å². The predicted octanol–water partition coefficient (Wildman–Crippen LogP) is 5.68. The van der Waals surface area contributed by atoms with E-state index in [0.717, 1.165) is 53.1 Å². The van der Waals surface area contributed by atoms with Crippen molar-refractivity contribution in [3.63, 3.8) is 0 Å². The molecule has 0 saturated carbocycles. The monoisotopic (exact) mass is 422 g/mol. The largest absolute Gasteiger partial charge is 0.494 e. The molecule has 0 unspecified atom stereocenters. The van der Waals surface area contributed by atoms with Crippen molar-refractivity contribution in [1.29, 1.82) is 0 Å². The van der Waals surface area contributed by atoms with E-state index in [-0.39, 0.29) is 0 Å². The van der Waals surface area contributed by atoms with E-state index in [1.807, 2.05) is 78.9 Å². The Morgan fingerprint density at radius 1 is 0.600 bits per heavy atom. The summed E-state index contributed by atoms with van der Waals surface area (Å²) >= 11 is 0. The van der Waals surface area contributed by atoms with E-state index < -0.39 is 7.14 Å². The molecular weight excluding hydrogens is 391 g/mol. The van der Waals surface area contributed by atoms with Crippen LogP contribution in [0.25, 0.3) is 0 Å². The summed E-state index contributed by atoms with van der Waals surface area (Å²) in [4.78, 5) is 0. The molecule has 0 bridgehead atoms. The molecule has 0 saturated heterocycles. The third kappa shape index (κ3) is 5.34. The first kappa shape index (κ1) is 22.2. The van der Waals surface area contributed by atoms with Crippen LogP contribution in [-0.2, 0) is 4.57 Å². The van der Waals surface area contributed by atoms with Gasteiger partial charge in [-0.3, -0.25) is 0 Å². The van der Waals surface area contributed by atoms with E-state index in [2.05, 4.69) is 13.8 Å². The average molecular weight is 423 g/mol. The van der Waals surface area contributed by atoms with Gasteiger partial charge in [-0.1, -0.05) is 57.0 Å². The van der Waals surface area contributed by atoms with Gasteiger partial charge in [0, 0.05) is 15.9 Å². The second-order valence-corrected chi connectivity index (χ2v) is 10.1. The summed E-state index contributed by atoms with van der Waals surface area (Å²) in [6, 6.07) is 25.1. The molecule has 0 N–H and O–H groups in total. The van der Waals surface area contributed by atoms with Crippen molar-refractivity contribution in [3.05, 3.63) is 78.9 Å². The first-order valence-corrected chi connectivity index (χ1v) is 12.5. The summed E-state index contributed by atoms with van der Waals surface area (Å²) in [7, 11) is -2.99. The lowest BCUT2D eigenvalue weighted by Crippen LogP contribution is -2.25. The van der Waals surface area contributed by atoms with Crippen LogP contribution in [0.2, 0.25) is 0 Å². The Kier molecular flexibility index (Phi) is 8.16. The summed E-state index contributed by atoms with van der Waals surface area (Å²) in [5.74, 6) is 1.62. The maximum Gasteiger partial charge on any atom is 0.171 e. The third-order valence-electron chi connectivity index (χ3n) is 5.05. The van der Waals surface area contributed by atoms with E-state index in [9.17, 15) is 4.57 Å². The van der Waals surface area contributed by atoms with Gasteiger partial charge in [0.1, 0.15) is 11.5 Å². The van der Waals surface area contributed by atoms with Crippen molar-refractivity contribution in [2.24, 2.45) is 0 Å². The average Bonchev–Trinajstić information content (AvgIpc) is 2.80. The summed E-state index contributed by atoms with van der Waals surface area (Å²) in [6.45, 7) is 5.68. The fraction of sp³-hybridized carbons (Fsp3) is 0.308. The second kappa shape index (κ2) is 11.0. The highest BCUT2D eigenvalue weighted by Crippen LogP contribution is 2.42. The molecule has 3 rings (SSSR count). The first-order chi connectivity index (χ1) is 14.7. The fourth-order valence-corrected chi connectivity index (χ4v) is 5.88. The van der Waals surface area contributed by atoms with Crippen LogP contribution in [0, 0.1) is 0 Å². The molecule has 0 aliphatic heterocycles. The van der Waals surface area contributed by atoms with Crippen LogP contribution < -0.4 is 25.4 Å². The zero-order valence-corrected chi connectivity index (χ0v) is 18.8. The molecule has 0 radical (unpaired) electrons. The molecule has 3 nitrogen and oxygen atoms in total. The normalized spacial score (nSPS) is 11.3. The maximum absolute atomic E-state index is 14.5. The standard InChI is InChI=1S/C26H31O3P/c1-3-5-20-28-22-12-16-25(17-13-22)30(27,24-10-8-7-9-11-24)26-18-14-23(15-19-26)29-21-6-4-2/h7-19H,3-6,20-21H2,1-2H3. The second-order valence-electron chi connectivity index (χ2n) is 7.34. The topological polar surface area (TPSA) is 35.5 Å². The minimum Gasteiger partial charge on any atom is -0.494 e. The molecule has 0 aliphatic carbocycles. The summed E-state index contributed by atoms with van der Waals surface area (Å²) in [6.07, 6.45) is 4.24. The zero-order valence-electron chi connectivity index (χ0n) is 17.9.